The molecule has 4 nitrogen and oxygen atoms in total. The lowest BCUT2D eigenvalue weighted by atomic mass is 9.72. The first-order chi connectivity index (χ1) is 11.0. The molecule has 1 atom stereocenters. The molecule has 0 aliphatic heterocycles. The van der Waals surface area contributed by atoms with Crippen LogP contribution in [0, 0.1) is 11.3 Å². The first-order valence-electron chi connectivity index (χ1n) is 8.19. The summed E-state index contributed by atoms with van der Waals surface area (Å²) in [5, 5.41) is 8.09. The Labute approximate surface area is 136 Å². The Kier molecular flexibility index (Phi) is 3.15. The quantitative estimate of drug-likeness (QED) is 0.715. The highest BCUT2D eigenvalue weighted by molar-refractivity contribution is 5.94. The van der Waals surface area contributed by atoms with Gasteiger partial charge in [0, 0.05) is 35.1 Å². The van der Waals surface area contributed by atoms with Crippen molar-refractivity contribution in [1.82, 2.24) is 20.2 Å². The molecule has 3 aromatic rings. The van der Waals surface area contributed by atoms with Gasteiger partial charge in [-0.1, -0.05) is 26.8 Å². The van der Waals surface area contributed by atoms with Crippen LogP contribution in [0.2, 0.25) is 0 Å². The van der Waals surface area contributed by atoms with E-state index in [9.17, 15) is 0 Å². The predicted molar refractivity (Wildman–Crippen MR) is 93.8 cm³/mol. The normalized spacial score (nSPS) is 20.7. The Hall–Kier alpha value is -2.36. The summed E-state index contributed by atoms with van der Waals surface area (Å²) in [6.45, 7) is 7.02. The molecular formula is C19H22N4. The number of aromatic amines is 2. The molecule has 0 amide bonds. The van der Waals surface area contributed by atoms with Gasteiger partial charge in [-0.3, -0.25) is 5.10 Å². The van der Waals surface area contributed by atoms with E-state index in [4.69, 9.17) is 0 Å². The summed E-state index contributed by atoms with van der Waals surface area (Å²) in [5.41, 5.74) is 6.16. The topological polar surface area (TPSA) is 57.4 Å². The number of hydrogen-bond donors (Lipinski definition) is 2. The largest absolute Gasteiger partial charge is 0.346 e. The zero-order valence-corrected chi connectivity index (χ0v) is 13.9. The Morgan fingerprint density at radius 1 is 1.17 bits per heavy atom. The van der Waals surface area contributed by atoms with E-state index in [-0.39, 0.29) is 0 Å². The van der Waals surface area contributed by atoms with Gasteiger partial charge in [-0.05, 0) is 41.4 Å². The maximum Gasteiger partial charge on any atom is 0.137 e. The maximum absolute atomic E-state index is 4.63. The van der Waals surface area contributed by atoms with Gasteiger partial charge in [-0.15, -0.1) is 0 Å². The molecule has 0 bridgehead atoms. The minimum atomic E-state index is 0.351. The second-order valence-electron chi connectivity index (χ2n) is 7.52. The molecule has 23 heavy (non-hydrogen) atoms. The number of allylic oxidation sites excluding steroid dienone is 2. The molecule has 1 aliphatic carbocycles. The third-order valence-corrected chi connectivity index (χ3v) is 4.74. The van der Waals surface area contributed by atoms with Crippen molar-refractivity contribution >= 4 is 16.6 Å². The average Bonchev–Trinajstić information content (AvgIpc) is 3.13. The van der Waals surface area contributed by atoms with Crippen LogP contribution in [0.25, 0.3) is 27.7 Å². The van der Waals surface area contributed by atoms with Crippen LogP contribution in [0.15, 0.2) is 36.9 Å². The zero-order valence-electron chi connectivity index (χ0n) is 13.9. The SMILES string of the molecule is CC1C=C(c2cnc3[nH]cc(-c4cn[nH]c4)c3c2)CC(C)(C)C1. The number of nitrogens with zero attached hydrogens (tertiary/aromatic N) is 2. The van der Waals surface area contributed by atoms with Crippen LogP contribution in [-0.2, 0) is 0 Å². The van der Waals surface area contributed by atoms with Crippen LogP contribution >= 0.6 is 0 Å². The standard InChI is InChI=1S/C19H22N4/c1-12-4-13(7-19(2,3)6-12)14-5-16-17(15-9-22-23-10-15)11-21-18(16)20-8-14/h4-5,8-12H,6-7H2,1-3H3,(H,20,21)(H,22,23). The zero-order chi connectivity index (χ0) is 16.0. The fourth-order valence-electron chi connectivity index (χ4n) is 3.93. The highest BCUT2D eigenvalue weighted by Gasteiger charge is 2.27. The molecule has 3 heterocycles. The lowest BCUT2D eigenvalue weighted by Gasteiger charge is -2.33. The Bertz CT molecular complexity index is 868. The molecule has 0 spiro atoms. The second-order valence-corrected chi connectivity index (χ2v) is 7.52. The molecule has 4 heteroatoms. The van der Waals surface area contributed by atoms with Gasteiger partial charge in [-0.2, -0.15) is 5.10 Å². The van der Waals surface area contributed by atoms with E-state index < -0.39 is 0 Å². The molecule has 2 N–H and O–H groups in total. The van der Waals surface area contributed by atoms with E-state index in [0.717, 1.165) is 28.6 Å². The monoisotopic (exact) mass is 306 g/mol. The predicted octanol–water partition coefficient (Wildman–Crippen LogP) is 4.79. The number of nitrogens with one attached hydrogen (secondary N) is 2. The van der Waals surface area contributed by atoms with Gasteiger partial charge in [-0.25, -0.2) is 4.98 Å². The number of H-pyrrole nitrogens is 2. The van der Waals surface area contributed by atoms with Crippen LogP contribution in [-0.4, -0.2) is 20.2 Å². The first kappa shape index (κ1) is 14.2. The van der Waals surface area contributed by atoms with Crippen LogP contribution in [0.3, 0.4) is 0 Å². The van der Waals surface area contributed by atoms with Crippen molar-refractivity contribution in [3.63, 3.8) is 0 Å². The number of rotatable bonds is 2. The summed E-state index contributed by atoms with van der Waals surface area (Å²) in [6.07, 6.45) is 12.5. The summed E-state index contributed by atoms with van der Waals surface area (Å²) in [5.74, 6) is 0.615. The summed E-state index contributed by atoms with van der Waals surface area (Å²) >= 11 is 0. The highest BCUT2D eigenvalue weighted by atomic mass is 15.1. The van der Waals surface area contributed by atoms with Crippen molar-refractivity contribution in [2.45, 2.75) is 33.6 Å². The van der Waals surface area contributed by atoms with Gasteiger partial charge in [0.25, 0.3) is 0 Å². The number of pyridine rings is 1. The van der Waals surface area contributed by atoms with Crippen molar-refractivity contribution in [2.24, 2.45) is 11.3 Å². The Morgan fingerprint density at radius 2 is 2.04 bits per heavy atom. The fourth-order valence-corrected chi connectivity index (χ4v) is 3.93. The Balaban J connectivity index is 1.81. The van der Waals surface area contributed by atoms with Crippen LogP contribution in [0.4, 0.5) is 0 Å². The lowest BCUT2D eigenvalue weighted by Crippen LogP contribution is -2.20. The minimum Gasteiger partial charge on any atom is -0.346 e. The summed E-state index contributed by atoms with van der Waals surface area (Å²) in [6, 6.07) is 2.26. The van der Waals surface area contributed by atoms with Crippen molar-refractivity contribution in [3.05, 3.63) is 42.5 Å². The fraction of sp³-hybridized carbons (Fsp3) is 0.368. The van der Waals surface area contributed by atoms with Crippen LogP contribution in [0.1, 0.15) is 39.2 Å². The van der Waals surface area contributed by atoms with Crippen molar-refractivity contribution in [3.8, 4) is 11.1 Å². The van der Waals surface area contributed by atoms with E-state index >= 15 is 0 Å². The van der Waals surface area contributed by atoms with E-state index in [1.54, 1.807) is 0 Å². The summed E-state index contributed by atoms with van der Waals surface area (Å²) in [7, 11) is 0. The molecule has 0 aromatic carbocycles. The first-order valence-corrected chi connectivity index (χ1v) is 8.19. The van der Waals surface area contributed by atoms with Gasteiger partial charge in [0.2, 0.25) is 0 Å². The molecule has 118 valence electrons. The second kappa shape index (κ2) is 5.08. The van der Waals surface area contributed by atoms with Crippen molar-refractivity contribution < 1.29 is 0 Å². The molecule has 4 rings (SSSR count). The minimum absolute atomic E-state index is 0.351. The van der Waals surface area contributed by atoms with Gasteiger partial charge in [0.05, 0.1) is 6.20 Å². The number of hydrogen-bond acceptors (Lipinski definition) is 2. The van der Waals surface area contributed by atoms with E-state index in [1.165, 1.54) is 17.6 Å². The van der Waals surface area contributed by atoms with E-state index in [1.807, 2.05) is 24.8 Å². The molecule has 3 aromatic heterocycles. The molecule has 1 aliphatic rings. The molecule has 0 saturated carbocycles. The molecule has 0 radical (unpaired) electrons. The van der Waals surface area contributed by atoms with Crippen LogP contribution in [0.5, 0.6) is 0 Å². The van der Waals surface area contributed by atoms with Crippen molar-refractivity contribution in [1.29, 1.82) is 0 Å². The molecule has 1 unspecified atom stereocenters. The number of aromatic nitrogens is 4. The van der Waals surface area contributed by atoms with Gasteiger partial charge < -0.3 is 4.98 Å². The molecule has 0 fully saturated rings. The molecule has 0 saturated heterocycles. The summed E-state index contributed by atoms with van der Waals surface area (Å²) in [4.78, 5) is 7.89. The molecular weight excluding hydrogens is 284 g/mol. The maximum atomic E-state index is 4.63. The smallest absolute Gasteiger partial charge is 0.137 e. The van der Waals surface area contributed by atoms with E-state index in [0.29, 0.717) is 11.3 Å². The Morgan fingerprint density at radius 3 is 2.78 bits per heavy atom. The highest BCUT2D eigenvalue weighted by Crippen LogP contribution is 2.42. The average molecular weight is 306 g/mol. The third-order valence-electron chi connectivity index (χ3n) is 4.74. The third kappa shape index (κ3) is 2.58. The van der Waals surface area contributed by atoms with E-state index in [2.05, 4.69) is 53.1 Å². The summed E-state index contributed by atoms with van der Waals surface area (Å²) < 4.78 is 0. The van der Waals surface area contributed by atoms with Crippen LogP contribution < -0.4 is 0 Å². The van der Waals surface area contributed by atoms with Crippen molar-refractivity contribution in [2.75, 3.05) is 0 Å². The van der Waals surface area contributed by atoms with Gasteiger partial charge in [0.15, 0.2) is 0 Å². The lowest BCUT2D eigenvalue weighted by molar-refractivity contribution is 0.296. The number of fused-ring (bicyclic) bond motifs is 1. The van der Waals surface area contributed by atoms with Gasteiger partial charge >= 0.3 is 0 Å². The van der Waals surface area contributed by atoms with Gasteiger partial charge in [0.1, 0.15) is 5.65 Å².